The van der Waals surface area contributed by atoms with Gasteiger partial charge >= 0.3 is 0 Å². The Hall–Kier alpha value is -1.98. The van der Waals surface area contributed by atoms with E-state index in [9.17, 15) is 4.79 Å². The van der Waals surface area contributed by atoms with Crippen LogP contribution in [0.3, 0.4) is 0 Å². The Morgan fingerprint density at radius 1 is 1.18 bits per heavy atom. The summed E-state index contributed by atoms with van der Waals surface area (Å²) in [6.07, 6.45) is 0. The Morgan fingerprint density at radius 2 is 1.82 bits per heavy atom. The van der Waals surface area contributed by atoms with Gasteiger partial charge in [0.15, 0.2) is 0 Å². The summed E-state index contributed by atoms with van der Waals surface area (Å²) in [4.78, 5) is 12.8. The van der Waals surface area contributed by atoms with Crippen LogP contribution in [0.2, 0.25) is 5.02 Å². The van der Waals surface area contributed by atoms with E-state index < -0.39 is 0 Å². The van der Waals surface area contributed by atoms with Crippen LogP contribution in [0.4, 0.5) is 5.69 Å². The molecule has 0 atom stereocenters. The van der Waals surface area contributed by atoms with Crippen molar-refractivity contribution >= 4 is 40.7 Å². The normalized spacial score (nSPS) is 11.3. The van der Waals surface area contributed by atoms with Crippen LogP contribution in [0.5, 0.6) is 0 Å². The summed E-state index contributed by atoms with van der Waals surface area (Å²) in [5.41, 5.74) is 10.5. The third kappa shape index (κ3) is 5.09. The molecule has 4 nitrogen and oxygen atoms in total. The van der Waals surface area contributed by atoms with Crippen LogP contribution in [0, 0.1) is 0 Å². The number of nitrogen functional groups attached to an aromatic ring is 1. The molecule has 6 heteroatoms. The number of hydrazone groups is 1. The molecule has 0 bridgehead atoms. The molecule has 0 saturated heterocycles. The van der Waals surface area contributed by atoms with E-state index in [0.29, 0.717) is 16.5 Å². The fourth-order valence-electron chi connectivity index (χ4n) is 1.65. The van der Waals surface area contributed by atoms with Crippen molar-refractivity contribution in [3.05, 3.63) is 59.1 Å². The predicted molar refractivity (Wildman–Crippen MR) is 93.4 cm³/mol. The summed E-state index contributed by atoms with van der Waals surface area (Å²) >= 11 is 7.24. The number of halogens is 1. The maximum atomic E-state index is 11.8. The molecule has 0 saturated carbocycles. The van der Waals surface area contributed by atoms with Crippen LogP contribution in [-0.2, 0) is 4.79 Å². The van der Waals surface area contributed by atoms with Gasteiger partial charge in [0, 0.05) is 15.6 Å². The molecule has 2 rings (SSSR count). The number of rotatable bonds is 5. The number of nitrogens with zero attached hydrogens (tertiary/aromatic N) is 1. The molecular formula is C16H16ClN3OS. The minimum atomic E-state index is -0.158. The lowest BCUT2D eigenvalue weighted by Crippen LogP contribution is -2.21. The summed E-state index contributed by atoms with van der Waals surface area (Å²) in [5.74, 6) is 0.134. The van der Waals surface area contributed by atoms with Gasteiger partial charge in [-0.3, -0.25) is 4.79 Å². The molecule has 0 fully saturated rings. The Morgan fingerprint density at radius 3 is 2.45 bits per heavy atom. The molecule has 2 aromatic rings. The van der Waals surface area contributed by atoms with E-state index in [4.69, 9.17) is 17.3 Å². The van der Waals surface area contributed by atoms with E-state index in [-0.39, 0.29) is 5.91 Å². The molecule has 0 unspecified atom stereocenters. The molecule has 0 radical (unpaired) electrons. The molecule has 0 aliphatic heterocycles. The number of hydrogen-bond acceptors (Lipinski definition) is 4. The van der Waals surface area contributed by atoms with Gasteiger partial charge in [-0.1, -0.05) is 23.7 Å². The molecular weight excluding hydrogens is 318 g/mol. The molecule has 0 heterocycles. The minimum Gasteiger partial charge on any atom is -0.399 e. The topological polar surface area (TPSA) is 67.5 Å². The first kappa shape index (κ1) is 16.4. The molecule has 0 aliphatic carbocycles. The Labute approximate surface area is 138 Å². The van der Waals surface area contributed by atoms with Gasteiger partial charge in [0.2, 0.25) is 5.91 Å². The standard InChI is InChI=1S/C16H16ClN3OS/c1-11(12-2-6-14(18)7-3-12)19-20-16(21)10-22-15-8-4-13(17)5-9-15/h2-9H,10,18H2,1H3,(H,20,21)/b19-11-. The summed E-state index contributed by atoms with van der Waals surface area (Å²) in [6, 6.07) is 14.7. The first-order chi connectivity index (χ1) is 10.5. The van der Waals surface area contributed by atoms with Gasteiger partial charge in [0.25, 0.3) is 0 Å². The van der Waals surface area contributed by atoms with Gasteiger partial charge in [0.05, 0.1) is 11.5 Å². The van der Waals surface area contributed by atoms with E-state index in [0.717, 1.165) is 16.2 Å². The average molecular weight is 334 g/mol. The van der Waals surface area contributed by atoms with E-state index in [1.54, 1.807) is 24.3 Å². The fourth-order valence-corrected chi connectivity index (χ4v) is 2.46. The first-order valence-electron chi connectivity index (χ1n) is 6.62. The second kappa shape index (κ2) is 7.87. The van der Waals surface area contributed by atoms with Crippen molar-refractivity contribution in [1.82, 2.24) is 5.43 Å². The quantitative estimate of drug-likeness (QED) is 0.380. The van der Waals surface area contributed by atoms with Gasteiger partial charge in [-0.05, 0) is 48.9 Å². The van der Waals surface area contributed by atoms with Crippen molar-refractivity contribution in [3.63, 3.8) is 0 Å². The van der Waals surface area contributed by atoms with Crippen LogP contribution in [0.15, 0.2) is 58.5 Å². The Balaban J connectivity index is 1.85. The lowest BCUT2D eigenvalue weighted by molar-refractivity contribution is -0.118. The zero-order chi connectivity index (χ0) is 15.9. The number of thioether (sulfide) groups is 1. The van der Waals surface area contributed by atoms with Crippen molar-refractivity contribution in [2.24, 2.45) is 5.10 Å². The highest BCUT2D eigenvalue weighted by Gasteiger charge is 2.03. The Bertz CT molecular complexity index is 669. The maximum absolute atomic E-state index is 11.8. The highest BCUT2D eigenvalue weighted by molar-refractivity contribution is 8.00. The first-order valence-corrected chi connectivity index (χ1v) is 7.98. The van der Waals surface area contributed by atoms with Crippen LogP contribution in [0.25, 0.3) is 0 Å². The number of nitrogens with one attached hydrogen (secondary N) is 1. The smallest absolute Gasteiger partial charge is 0.250 e. The average Bonchev–Trinajstić information content (AvgIpc) is 2.52. The molecule has 0 aliphatic rings. The molecule has 0 aromatic heterocycles. The van der Waals surface area contributed by atoms with Gasteiger partial charge in [-0.25, -0.2) is 5.43 Å². The van der Waals surface area contributed by atoms with Crippen LogP contribution in [-0.4, -0.2) is 17.4 Å². The van der Waals surface area contributed by atoms with Crippen molar-refractivity contribution in [1.29, 1.82) is 0 Å². The molecule has 3 N–H and O–H groups in total. The summed E-state index contributed by atoms with van der Waals surface area (Å²) < 4.78 is 0. The van der Waals surface area contributed by atoms with Crippen molar-refractivity contribution in [3.8, 4) is 0 Å². The number of hydrogen-bond donors (Lipinski definition) is 2. The van der Waals surface area contributed by atoms with E-state index in [1.807, 2.05) is 31.2 Å². The van der Waals surface area contributed by atoms with E-state index in [2.05, 4.69) is 10.5 Å². The number of nitrogens with two attached hydrogens (primary N) is 1. The second-order valence-corrected chi connectivity index (χ2v) is 6.08. The summed E-state index contributed by atoms with van der Waals surface area (Å²) in [7, 11) is 0. The lowest BCUT2D eigenvalue weighted by atomic mass is 10.1. The lowest BCUT2D eigenvalue weighted by Gasteiger charge is -2.04. The molecule has 0 spiro atoms. The summed E-state index contributed by atoms with van der Waals surface area (Å²) in [6.45, 7) is 1.83. The number of amides is 1. The number of carbonyl (C=O) groups is 1. The summed E-state index contributed by atoms with van der Waals surface area (Å²) in [5, 5.41) is 4.77. The van der Waals surface area contributed by atoms with Gasteiger partial charge in [-0.2, -0.15) is 5.10 Å². The van der Waals surface area contributed by atoms with Gasteiger partial charge in [-0.15, -0.1) is 11.8 Å². The zero-order valence-electron chi connectivity index (χ0n) is 12.0. The predicted octanol–water partition coefficient (Wildman–Crippen LogP) is 3.55. The third-order valence-electron chi connectivity index (χ3n) is 2.86. The molecule has 114 valence electrons. The monoisotopic (exact) mass is 333 g/mol. The van der Waals surface area contributed by atoms with Crippen molar-refractivity contribution in [2.45, 2.75) is 11.8 Å². The highest BCUT2D eigenvalue weighted by atomic mass is 35.5. The largest absolute Gasteiger partial charge is 0.399 e. The van der Waals surface area contributed by atoms with Crippen LogP contribution < -0.4 is 11.2 Å². The molecule has 22 heavy (non-hydrogen) atoms. The number of anilines is 1. The van der Waals surface area contributed by atoms with Crippen LogP contribution in [0.1, 0.15) is 12.5 Å². The molecule has 2 aromatic carbocycles. The third-order valence-corrected chi connectivity index (χ3v) is 4.12. The van der Waals surface area contributed by atoms with Gasteiger partial charge in [0.1, 0.15) is 0 Å². The maximum Gasteiger partial charge on any atom is 0.250 e. The van der Waals surface area contributed by atoms with E-state index in [1.165, 1.54) is 11.8 Å². The zero-order valence-corrected chi connectivity index (χ0v) is 13.6. The number of benzene rings is 2. The fraction of sp³-hybridized carbons (Fsp3) is 0.125. The van der Waals surface area contributed by atoms with Gasteiger partial charge < -0.3 is 5.73 Å². The number of carbonyl (C=O) groups excluding carboxylic acids is 1. The Kier molecular flexibility index (Phi) is 5.86. The van der Waals surface area contributed by atoms with Crippen molar-refractivity contribution in [2.75, 3.05) is 11.5 Å². The second-order valence-electron chi connectivity index (χ2n) is 4.60. The van der Waals surface area contributed by atoms with Crippen molar-refractivity contribution < 1.29 is 4.79 Å². The van der Waals surface area contributed by atoms with E-state index >= 15 is 0 Å². The SMILES string of the molecule is C/C(=N/NC(=O)CSc1ccc(Cl)cc1)c1ccc(N)cc1. The van der Waals surface area contributed by atoms with Crippen LogP contribution >= 0.6 is 23.4 Å². The molecule has 1 amide bonds. The highest BCUT2D eigenvalue weighted by Crippen LogP contribution is 2.19. The minimum absolute atomic E-state index is 0.158.